The van der Waals surface area contributed by atoms with Gasteiger partial charge in [0.2, 0.25) is 5.91 Å². The molecule has 116 valence electrons. The van der Waals surface area contributed by atoms with E-state index in [0.29, 0.717) is 37.3 Å². The van der Waals surface area contributed by atoms with Crippen LogP contribution in [-0.4, -0.2) is 29.6 Å². The van der Waals surface area contributed by atoms with Crippen molar-refractivity contribution in [1.29, 1.82) is 0 Å². The van der Waals surface area contributed by atoms with Crippen LogP contribution in [0.15, 0.2) is 24.3 Å². The zero-order valence-corrected chi connectivity index (χ0v) is 12.2. The fourth-order valence-corrected chi connectivity index (χ4v) is 1.84. The maximum Gasteiger partial charge on any atom is 0.303 e. The van der Waals surface area contributed by atoms with E-state index >= 15 is 0 Å². The number of unbranched alkanes of at least 4 members (excludes halogenated alkanes) is 1. The standard InChI is InChI=1S/C15H22N2O4/c1-2-21-12-7-5-6-11(10-12)17-15(20)13(16)8-3-4-9-14(18)19/h5-7,10,13H,2-4,8-9,16H2,1H3,(H,17,20)(H,18,19)/t13-/m0/s1. The number of anilines is 1. The fraction of sp³-hybridized carbons (Fsp3) is 0.467. The average molecular weight is 294 g/mol. The smallest absolute Gasteiger partial charge is 0.303 e. The number of rotatable bonds is 9. The van der Waals surface area contributed by atoms with E-state index in [-0.39, 0.29) is 12.3 Å². The molecule has 1 aromatic carbocycles. The Balaban J connectivity index is 2.41. The van der Waals surface area contributed by atoms with E-state index in [2.05, 4.69) is 5.32 Å². The van der Waals surface area contributed by atoms with Gasteiger partial charge in [0.1, 0.15) is 5.75 Å². The predicted octanol–water partition coefficient (Wildman–Crippen LogP) is 2.00. The van der Waals surface area contributed by atoms with Crippen LogP contribution in [0.2, 0.25) is 0 Å². The van der Waals surface area contributed by atoms with Crippen LogP contribution in [0.3, 0.4) is 0 Å². The summed E-state index contributed by atoms with van der Waals surface area (Å²) >= 11 is 0. The summed E-state index contributed by atoms with van der Waals surface area (Å²) < 4.78 is 5.35. The molecule has 21 heavy (non-hydrogen) atoms. The summed E-state index contributed by atoms with van der Waals surface area (Å²) in [5, 5.41) is 11.3. The van der Waals surface area contributed by atoms with Gasteiger partial charge in [-0.3, -0.25) is 9.59 Å². The largest absolute Gasteiger partial charge is 0.494 e. The monoisotopic (exact) mass is 294 g/mol. The van der Waals surface area contributed by atoms with Gasteiger partial charge in [0.25, 0.3) is 0 Å². The molecule has 0 unspecified atom stereocenters. The second-order valence-electron chi connectivity index (χ2n) is 4.70. The molecule has 6 heteroatoms. The van der Waals surface area contributed by atoms with E-state index in [1.165, 1.54) is 0 Å². The third-order valence-corrected chi connectivity index (χ3v) is 2.91. The summed E-state index contributed by atoms with van der Waals surface area (Å²) in [6, 6.07) is 6.45. The number of hydrogen-bond acceptors (Lipinski definition) is 4. The number of benzene rings is 1. The first-order valence-corrected chi connectivity index (χ1v) is 7.04. The van der Waals surface area contributed by atoms with Crippen molar-refractivity contribution in [3.05, 3.63) is 24.3 Å². The number of amides is 1. The van der Waals surface area contributed by atoms with Crippen molar-refractivity contribution in [2.24, 2.45) is 5.73 Å². The molecule has 0 aromatic heterocycles. The van der Waals surface area contributed by atoms with Crippen molar-refractivity contribution in [3.63, 3.8) is 0 Å². The summed E-state index contributed by atoms with van der Waals surface area (Å²) in [6.07, 6.45) is 1.70. The molecule has 0 bridgehead atoms. The number of carboxylic acids is 1. The van der Waals surface area contributed by atoms with Crippen LogP contribution in [0.1, 0.15) is 32.6 Å². The normalized spacial score (nSPS) is 11.7. The van der Waals surface area contributed by atoms with Crippen LogP contribution in [0, 0.1) is 0 Å². The lowest BCUT2D eigenvalue weighted by Gasteiger charge is -2.12. The van der Waals surface area contributed by atoms with Gasteiger partial charge in [-0.25, -0.2) is 0 Å². The third kappa shape index (κ3) is 6.76. The quantitative estimate of drug-likeness (QED) is 0.605. The van der Waals surface area contributed by atoms with Crippen molar-refractivity contribution in [1.82, 2.24) is 0 Å². The molecule has 0 aliphatic carbocycles. The first-order valence-electron chi connectivity index (χ1n) is 7.04. The molecule has 0 aliphatic rings. The Bertz CT molecular complexity index is 476. The van der Waals surface area contributed by atoms with Crippen molar-refractivity contribution in [2.75, 3.05) is 11.9 Å². The lowest BCUT2D eigenvalue weighted by Crippen LogP contribution is -2.35. The summed E-state index contributed by atoms with van der Waals surface area (Å²) in [5.41, 5.74) is 6.42. The van der Waals surface area contributed by atoms with E-state index in [1.807, 2.05) is 13.0 Å². The van der Waals surface area contributed by atoms with Crippen LogP contribution in [0.4, 0.5) is 5.69 Å². The molecule has 4 N–H and O–H groups in total. The molecule has 1 atom stereocenters. The van der Waals surface area contributed by atoms with Crippen LogP contribution >= 0.6 is 0 Å². The Morgan fingerprint density at radius 1 is 1.38 bits per heavy atom. The van der Waals surface area contributed by atoms with E-state index in [0.717, 1.165) is 0 Å². The average Bonchev–Trinajstić information content (AvgIpc) is 2.44. The summed E-state index contributed by atoms with van der Waals surface area (Å²) in [6.45, 7) is 2.44. The lowest BCUT2D eigenvalue weighted by molar-refractivity contribution is -0.137. The van der Waals surface area contributed by atoms with Gasteiger partial charge in [0.05, 0.1) is 12.6 Å². The SMILES string of the molecule is CCOc1cccc(NC(=O)[C@@H](N)CCCCC(=O)O)c1. The molecule has 1 aromatic rings. The Morgan fingerprint density at radius 3 is 2.81 bits per heavy atom. The second-order valence-corrected chi connectivity index (χ2v) is 4.70. The Morgan fingerprint density at radius 2 is 2.14 bits per heavy atom. The number of hydrogen-bond donors (Lipinski definition) is 3. The molecule has 0 radical (unpaired) electrons. The fourth-order valence-electron chi connectivity index (χ4n) is 1.84. The number of carbonyl (C=O) groups is 2. The Hall–Kier alpha value is -2.08. The molecule has 0 spiro atoms. The highest BCUT2D eigenvalue weighted by atomic mass is 16.5. The molecule has 6 nitrogen and oxygen atoms in total. The third-order valence-electron chi connectivity index (χ3n) is 2.91. The Kier molecular flexibility index (Phi) is 7.25. The minimum atomic E-state index is -0.833. The summed E-state index contributed by atoms with van der Waals surface area (Å²) in [5.74, 6) is -0.426. The molecule has 0 saturated heterocycles. The second kappa shape index (κ2) is 8.97. The number of ether oxygens (including phenoxy) is 1. The molecule has 1 amide bonds. The number of carboxylic acid groups (broad SMARTS) is 1. The van der Waals surface area contributed by atoms with Crippen LogP contribution in [0.25, 0.3) is 0 Å². The first kappa shape index (κ1) is 17.0. The van der Waals surface area contributed by atoms with Crippen molar-refractivity contribution >= 4 is 17.6 Å². The van der Waals surface area contributed by atoms with Gasteiger partial charge in [0, 0.05) is 18.2 Å². The highest BCUT2D eigenvalue weighted by Gasteiger charge is 2.13. The molecular formula is C15H22N2O4. The van der Waals surface area contributed by atoms with Gasteiger partial charge in [-0.05, 0) is 31.9 Å². The Labute approximate surface area is 124 Å². The molecule has 0 saturated carbocycles. The molecular weight excluding hydrogens is 272 g/mol. The summed E-state index contributed by atoms with van der Waals surface area (Å²) in [7, 11) is 0. The zero-order valence-electron chi connectivity index (χ0n) is 12.2. The van der Waals surface area contributed by atoms with E-state index < -0.39 is 12.0 Å². The predicted molar refractivity (Wildman–Crippen MR) is 80.3 cm³/mol. The van der Waals surface area contributed by atoms with Gasteiger partial charge in [-0.15, -0.1) is 0 Å². The summed E-state index contributed by atoms with van der Waals surface area (Å²) in [4.78, 5) is 22.3. The minimum absolute atomic E-state index is 0.102. The molecule has 0 heterocycles. The first-order chi connectivity index (χ1) is 10.0. The molecule has 0 aliphatic heterocycles. The molecule has 1 rings (SSSR count). The maximum atomic E-state index is 11.9. The highest BCUT2D eigenvalue weighted by molar-refractivity contribution is 5.94. The van der Waals surface area contributed by atoms with Crippen molar-refractivity contribution < 1.29 is 19.4 Å². The van der Waals surface area contributed by atoms with E-state index in [9.17, 15) is 9.59 Å². The van der Waals surface area contributed by atoms with Crippen molar-refractivity contribution in [3.8, 4) is 5.75 Å². The molecule has 0 fully saturated rings. The topological polar surface area (TPSA) is 102 Å². The van der Waals surface area contributed by atoms with Gasteiger partial charge in [-0.1, -0.05) is 12.5 Å². The minimum Gasteiger partial charge on any atom is -0.494 e. The van der Waals surface area contributed by atoms with Crippen LogP contribution in [-0.2, 0) is 9.59 Å². The van der Waals surface area contributed by atoms with E-state index in [4.69, 9.17) is 15.6 Å². The van der Waals surface area contributed by atoms with Crippen LogP contribution < -0.4 is 15.8 Å². The number of nitrogens with two attached hydrogens (primary N) is 1. The number of carbonyl (C=O) groups excluding carboxylic acids is 1. The van der Waals surface area contributed by atoms with Crippen LogP contribution in [0.5, 0.6) is 5.75 Å². The number of nitrogens with one attached hydrogen (secondary N) is 1. The van der Waals surface area contributed by atoms with Gasteiger partial charge < -0.3 is 20.9 Å². The van der Waals surface area contributed by atoms with Crippen molar-refractivity contribution in [2.45, 2.75) is 38.6 Å². The van der Waals surface area contributed by atoms with Gasteiger partial charge in [0.15, 0.2) is 0 Å². The van der Waals surface area contributed by atoms with E-state index in [1.54, 1.807) is 18.2 Å². The lowest BCUT2D eigenvalue weighted by atomic mass is 10.1. The van der Waals surface area contributed by atoms with Gasteiger partial charge in [-0.2, -0.15) is 0 Å². The highest BCUT2D eigenvalue weighted by Crippen LogP contribution is 2.17. The van der Waals surface area contributed by atoms with Gasteiger partial charge >= 0.3 is 5.97 Å². The number of aliphatic carboxylic acids is 1. The maximum absolute atomic E-state index is 11.9. The zero-order chi connectivity index (χ0) is 15.7.